The lowest BCUT2D eigenvalue weighted by atomic mass is 9.96. The third kappa shape index (κ3) is 4.05. The van der Waals surface area contributed by atoms with Gasteiger partial charge in [-0.1, -0.05) is 20.8 Å². The van der Waals surface area contributed by atoms with Crippen LogP contribution in [0.3, 0.4) is 0 Å². The van der Waals surface area contributed by atoms with Gasteiger partial charge in [-0.25, -0.2) is 15.8 Å². The number of nitrogens with zero attached hydrogens (tertiary/aromatic N) is 3. The molecule has 20 heavy (non-hydrogen) atoms. The molecular weight excluding hydrogens is 252 g/mol. The number of hydrogen-bond acceptors (Lipinski definition) is 6. The van der Waals surface area contributed by atoms with Crippen molar-refractivity contribution in [1.82, 2.24) is 14.9 Å². The lowest BCUT2D eigenvalue weighted by Crippen LogP contribution is -2.26. The Morgan fingerprint density at radius 2 is 1.85 bits per heavy atom. The Hall–Kier alpha value is -1.40. The monoisotopic (exact) mass is 278 g/mol. The molecule has 4 N–H and O–H groups in total. The van der Waals surface area contributed by atoms with E-state index in [2.05, 4.69) is 46.4 Å². The molecule has 1 aliphatic rings. The predicted molar refractivity (Wildman–Crippen MR) is 82.7 cm³/mol. The fourth-order valence-corrected chi connectivity index (χ4v) is 2.30. The number of anilines is 2. The maximum atomic E-state index is 5.48. The SMILES string of the molecule is CC(C)(C)c1nc(NN)cc(NCCN2CCCC2)n1. The van der Waals surface area contributed by atoms with Gasteiger partial charge in [-0.15, -0.1) is 0 Å². The first kappa shape index (κ1) is 15.0. The average molecular weight is 278 g/mol. The molecule has 2 rings (SSSR count). The van der Waals surface area contributed by atoms with E-state index in [1.165, 1.54) is 25.9 Å². The smallest absolute Gasteiger partial charge is 0.145 e. The van der Waals surface area contributed by atoms with Gasteiger partial charge in [0.15, 0.2) is 0 Å². The molecule has 0 aliphatic carbocycles. The van der Waals surface area contributed by atoms with Gasteiger partial charge in [-0.3, -0.25) is 0 Å². The first-order valence-electron chi connectivity index (χ1n) is 7.31. The average Bonchev–Trinajstić information content (AvgIpc) is 2.90. The quantitative estimate of drug-likeness (QED) is 0.560. The molecule has 1 fully saturated rings. The fraction of sp³-hybridized carbons (Fsp3) is 0.714. The van der Waals surface area contributed by atoms with Crippen molar-refractivity contribution in [3.8, 4) is 0 Å². The number of hydrazine groups is 1. The molecule has 1 aromatic heterocycles. The van der Waals surface area contributed by atoms with Gasteiger partial charge in [0.05, 0.1) is 0 Å². The molecule has 0 radical (unpaired) electrons. The number of aromatic nitrogens is 2. The second-order valence-corrected chi connectivity index (χ2v) is 6.33. The van der Waals surface area contributed by atoms with Crippen LogP contribution >= 0.6 is 0 Å². The molecule has 112 valence electrons. The largest absolute Gasteiger partial charge is 0.369 e. The van der Waals surface area contributed by atoms with Crippen molar-refractivity contribution in [2.45, 2.75) is 39.0 Å². The molecule has 2 heterocycles. The molecule has 0 atom stereocenters. The van der Waals surface area contributed by atoms with Crippen molar-refractivity contribution in [3.05, 3.63) is 11.9 Å². The van der Waals surface area contributed by atoms with Crippen molar-refractivity contribution in [1.29, 1.82) is 0 Å². The molecule has 0 bridgehead atoms. The molecule has 0 saturated carbocycles. The Labute approximate surface area is 121 Å². The summed E-state index contributed by atoms with van der Waals surface area (Å²) in [7, 11) is 0. The maximum Gasteiger partial charge on any atom is 0.145 e. The molecule has 0 spiro atoms. The topological polar surface area (TPSA) is 79.1 Å². The minimum absolute atomic E-state index is 0.0990. The lowest BCUT2D eigenvalue weighted by molar-refractivity contribution is 0.352. The summed E-state index contributed by atoms with van der Waals surface area (Å²) in [6.45, 7) is 10.7. The number of nitrogens with two attached hydrogens (primary N) is 1. The van der Waals surface area contributed by atoms with E-state index in [-0.39, 0.29) is 5.41 Å². The third-order valence-electron chi connectivity index (χ3n) is 3.48. The van der Waals surface area contributed by atoms with E-state index in [4.69, 9.17) is 5.84 Å². The highest BCUT2D eigenvalue weighted by atomic mass is 15.3. The summed E-state index contributed by atoms with van der Waals surface area (Å²) in [5, 5.41) is 3.37. The van der Waals surface area contributed by atoms with Crippen molar-refractivity contribution >= 4 is 11.6 Å². The number of rotatable bonds is 5. The zero-order valence-corrected chi connectivity index (χ0v) is 12.7. The van der Waals surface area contributed by atoms with E-state index in [1.807, 2.05) is 6.07 Å². The number of nitrogen functional groups attached to an aromatic ring is 1. The standard InChI is InChI=1S/C14H26N6/c1-14(2,3)13-17-11(10-12(18-13)19-15)16-6-9-20-7-4-5-8-20/h10H,4-9,15H2,1-3H3,(H2,16,17,18,19). The van der Waals surface area contributed by atoms with Crippen LogP contribution in [0.2, 0.25) is 0 Å². The maximum absolute atomic E-state index is 5.48. The van der Waals surface area contributed by atoms with Gasteiger partial charge in [0, 0.05) is 24.6 Å². The predicted octanol–water partition coefficient (Wildman–Crippen LogP) is 1.57. The molecule has 6 heteroatoms. The first-order valence-corrected chi connectivity index (χ1v) is 7.31. The van der Waals surface area contributed by atoms with Crippen molar-refractivity contribution in [2.24, 2.45) is 5.84 Å². The van der Waals surface area contributed by atoms with Gasteiger partial charge in [-0.2, -0.15) is 0 Å². The van der Waals surface area contributed by atoms with E-state index in [0.717, 1.165) is 24.7 Å². The van der Waals surface area contributed by atoms with Crippen LogP contribution in [0.25, 0.3) is 0 Å². The zero-order valence-electron chi connectivity index (χ0n) is 12.7. The highest BCUT2D eigenvalue weighted by molar-refractivity contribution is 5.47. The molecule has 0 amide bonds. The second-order valence-electron chi connectivity index (χ2n) is 6.33. The summed E-state index contributed by atoms with van der Waals surface area (Å²) in [5.41, 5.74) is 2.51. The van der Waals surface area contributed by atoms with E-state index < -0.39 is 0 Å². The van der Waals surface area contributed by atoms with Crippen LogP contribution in [0.4, 0.5) is 11.6 Å². The van der Waals surface area contributed by atoms with E-state index in [9.17, 15) is 0 Å². The van der Waals surface area contributed by atoms with Crippen molar-refractivity contribution in [3.63, 3.8) is 0 Å². The Balaban J connectivity index is 1.98. The Morgan fingerprint density at radius 3 is 2.45 bits per heavy atom. The summed E-state index contributed by atoms with van der Waals surface area (Å²) >= 11 is 0. The summed E-state index contributed by atoms with van der Waals surface area (Å²) in [6, 6.07) is 1.85. The third-order valence-corrected chi connectivity index (χ3v) is 3.48. The minimum Gasteiger partial charge on any atom is -0.369 e. The number of likely N-dealkylation sites (tertiary alicyclic amines) is 1. The summed E-state index contributed by atoms with van der Waals surface area (Å²) in [4.78, 5) is 11.5. The van der Waals surface area contributed by atoms with Crippen LogP contribution in [0.5, 0.6) is 0 Å². The zero-order chi connectivity index (χ0) is 14.6. The lowest BCUT2D eigenvalue weighted by Gasteiger charge is -2.19. The van der Waals surface area contributed by atoms with E-state index >= 15 is 0 Å². The van der Waals surface area contributed by atoms with Gasteiger partial charge in [0.25, 0.3) is 0 Å². The Kier molecular flexibility index (Phi) is 4.77. The molecule has 1 aliphatic heterocycles. The van der Waals surface area contributed by atoms with Crippen LogP contribution in [0.1, 0.15) is 39.4 Å². The van der Waals surface area contributed by atoms with Crippen LogP contribution in [-0.4, -0.2) is 41.0 Å². The first-order chi connectivity index (χ1) is 9.49. The Morgan fingerprint density at radius 1 is 1.20 bits per heavy atom. The minimum atomic E-state index is -0.0990. The number of hydrogen-bond donors (Lipinski definition) is 3. The van der Waals surface area contributed by atoms with Gasteiger partial charge in [-0.05, 0) is 25.9 Å². The highest BCUT2D eigenvalue weighted by Gasteiger charge is 2.19. The summed E-state index contributed by atoms with van der Waals surface area (Å²) < 4.78 is 0. The van der Waals surface area contributed by atoms with Crippen molar-refractivity contribution < 1.29 is 0 Å². The molecule has 1 saturated heterocycles. The van der Waals surface area contributed by atoms with Gasteiger partial charge in [0.2, 0.25) is 0 Å². The fourth-order valence-electron chi connectivity index (χ4n) is 2.30. The van der Waals surface area contributed by atoms with E-state index in [1.54, 1.807) is 0 Å². The second kappa shape index (κ2) is 6.37. The van der Waals surface area contributed by atoms with Crippen LogP contribution in [0, 0.1) is 0 Å². The molecular formula is C14H26N6. The van der Waals surface area contributed by atoms with Crippen LogP contribution in [0.15, 0.2) is 6.07 Å². The van der Waals surface area contributed by atoms with Crippen LogP contribution in [-0.2, 0) is 5.41 Å². The highest BCUT2D eigenvalue weighted by Crippen LogP contribution is 2.21. The normalized spacial score (nSPS) is 16.4. The summed E-state index contributed by atoms with van der Waals surface area (Å²) in [5.74, 6) is 7.75. The van der Waals surface area contributed by atoms with Crippen molar-refractivity contribution in [2.75, 3.05) is 36.9 Å². The van der Waals surface area contributed by atoms with Gasteiger partial charge >= 0.3 is 0 Å². The molecule has 0 aromatic carbocycles. The molecule has 0 unspecified atom stereocenters. The van der Waals surface area contributed by atoms with Gasteiger partial charge < -0.3 is 15.6 Å². The Bertz CT molecular complexity index is 434. The van der Waals surface area contributed by atoms with Crippen LogP contribution < -0.4 is 16.6 Å². The number of nitrogens with one attached hydrogen (secondary N) is 2. The molecule has 6 nitrogen and oxygen atoms in total. The summed E-state index contributed by atoms with van der Waals surface area (Å²) in [6.07, 6.45) is 2.64. The van der Waals surface area contributed by atoms with Gasteiger partial charge in [0.1, 0.15) is 17.5 Å². The van der Waals surface area contributed by atoms with E-state index in [0.29, 0.717) is 5.82 Å². The molecule has 1 aromatic rings.